The highest BCUT2D eigenvalue weighted by molar-refractivity contribution is 5.93. The van der Waals surface area contributed by atoms with Gasteiger partial charge >= 0.3 is 6.03 Å². The van der Waals surface area contributed by atoms with Crippen LogP contribution in [0.5, 0.6) is 5.75 Å². The molecule has 0 N–H and O–H groups in total. The van der Waals surface area contributed by atoms with Gasteiger partial charge in [0.25, 0.3) is 0 Å². The van der Waals surface area contributed by atoms with Crippen molar-refractivity contribution in [3.63, 3.8) is 0 Å². The maximum absolute atomic E-state index is 12.6. The number of benzene rings is 2. The summed E-state index contributed by atoms with van der Waals surface area (Å²) in [6.07, 6.45) is 6.46. The maximum Gasteiger partial charge on any atom is 0.324 e. The van der Waals surface area contributed by atoms with Gasteiger partial charge in [0.15, 0.2) is 0 Å². The summed E-state index contributed by atoms with van der Waals surface area (Å²) >= 11 is 0. The normalized spacial score (nSPS) is 13.6. The van der Waals surface area contributed by atoms with E-state index in [0.717, 1.165) is 50.3 Å². The van der Waals surface area contributed by atoms with Gasteiger partial charge in [0.05, 0.1) is 6.61 Å². The number of hydrogen-bond acceptors (Lipinski definition) is 3. The molecule has 4 rings (SSSR count). The summed E-state index contributed by atoms with van der Waals surface area (Å²) in [7, 11) is 0. The second-order valence-electron chi connectivity index (χ2n) is 7.93. The molecule has 0 radical (unpaired) electrons. The van der Waals surface area contributed by atoms with E-state index in [4.69, 9.17) is 4.74 Å². The van der Waals surface area contributed by atoms with Gasteiger partial charge in [-0.1, -0.05) is 42.0 Å². The minimum atomic E-state index is 0.0937. The molecule has 2 aromatic carbocycles. The first kappa shape index (κ1) is 20.9. The molecule has 1 saturated heterocycles. The van der Waals surface area contributed by atoms with E-state index in [2.05, 4.69) is 48.3 Å². The van der Waals surface area contributed by atoms with Gasteiger partial charge in [0, 0.05) is 37.7 Å². The van der Waals surface area contributed by atoms with E-state index in [1.807, 2.05) is 34.1 Å². The Balaban J connectivity index is 1.15. The SMILES string of the molecule is Cc1cccc(-c2ccc(OCCCCCN3CCN(c4ccncc4)C3=O)cc2)c1. The number of amides is 2. The van der Waals surface area contributed by atoms with Crippen LogP contribution in [0.1, 0.15) is 24.8 Å². The Morgan fingerprint density at radius 2 is 1.71 bits per heavy atom. The number of aryl methyl sites for hydroxylation is 1. The highest BCUT2D eigenvalue weighted by Crippen LogP contribution is 2.23. The lowest BCUT2D eigenvalue weighted by Crippen LogP contribution is -2.32. The first-order chi connectivity index (χ1) is 15.2. The fourth-order valence-corrected chi connectivity index (χ4v) is 3.89. The molecule has 1 fully saturated rings. The van der Waals surface area contributed by atoms with E-state index in [1.165, 1.54) is 16.7 Å². The molecule has 160 valence electrons. The molecule has 1 aliphatic rings. The number of nitrogens with zero attached hydrogens (tertiary/aromatic N) is 3. The van der Waals surface area contributed by atoms with Gasteiger partial charge in [-0.3, -0.25) is 9.88 Å². The van der Waals surface area contributed by atoms with Gasteiger partial charge in [-0.2, -0.15) is 0 Å². The number of carbonyl (C=O) groups is 1. The number of pyridine rings is 1. The largest absolute Gasteiger partial charge is 0.494 e. The Labute approximate surface area is 184 Å². The third-order valence-electron chi connectivity index (χ3n) is 5.62. The van der Waals surface area contributed by atoms with Crippen molar-refractivity contribution in [2.24, 2.45) is 0 Å². The van der Waals surface area contributed by atoms with Crippen molar-refractivity contribution in [3.05, 3.63) is 78.6 Å². The first-order valence-corrected chi connectivity index (χ1v) is 11.0. The zero-order chi connectivity index (χ0) is 21.5. The van der Waals surface area contributed by atoms with Crippen molar-refractivity contribution in [3.8, 4) is 16.9 Å². The van der Waals surface area contributed by atoms with Crippen molar-refractivity contribution in [1.29, 1.82) is 0 Å². The van der Waals surface area contributed by atoms with E-state index in [-0.39, 0.29) is 6.03 Å². The lowest BCUT2D eigenvalue weighted by molar-refractivity contribution is 0.219. The minimum absolute atomic E-state index is 0.0937. The summed E-state index contributed by atoms with van der Waals surface area (Å²) in [6, 6.07) is 20.7. The second kappa shape index (κ2) is 10.1. The van der Waals surface area contributed by atoms with E-state index >= 15 is 0 Å². The molecule has 1 aliphatic heterocycles. The van der Waals surface area contributed by atoms with E-state index in [0.29, 0.717) is 6.61 Å². The molecule has 0 saturated carbocycles. The molecule has 1 aromatic heterocycles. The summed E-state index contributed by atoms with van der Waals surface area (Å²) in [6.45, 7) is 5.12. The van der Waals surface area contributed by atoms with Crippen molar-refractivity contribution >= 4 is 11.7 Å². The molecule has 0 aliphatic carbocycles. The third-order valence-corrected chi connectivity index (χ3v) is 5.62. The minimum Gasteiger partial charge on any atom is -0.494 e. The molecule has 2 amide bonds. The third kappa shape index (κ3) is 5.43. The average molecular weight is 416 g/mol. The zero-order valence-electron chi connectivity index (χ0n) is 18.0. The number of carbonyl (C=O) groups excluding carboxylic acids is 1. The fourth-order valence-electron chi connectivity index (χ4n) is 3.89. The lowest BCUT2D eigenvalue weighted by Gasteiger charge is -2.18. The predicted molar refractivity (Wildman–Crippen MR) is 125 cm³/mol. The standard InChI is InChI=1S/C26H29N3O2/c1-21-6-5-7-23(20-21)22-8-10-25(11-9-22)31-19-4-2-3-16-28-17-18-29(26(28)30)24-12-14-27-15-13-24/h5-15,20H,2-4,16-19H2,1H3. The fraction of sp³-hybridized carbons (Fsp3) is 0.308. The molecule has 0 spiro atoms. The molecule has 31 heavy (non-hydrogen) atoms. The summed E-state index contributed by atoms with van der Waals surface area (Å²) < 4.78 is 5.89. The van der Waals surface area contributed by atoms with Crippen LogP contribution in [0.3, 0.4) is 0 Å². The van der Waals surface area contributed by atoms with Gasteiger partial charge < -0.3 is 9.64 Å². The van der Waals surface area contributed by atoms with Crippen LogP contribution in [0.15, 0.2) is 73.1 Å². The molecule has 0 unspecified atom stereocenters. The van der Waals surface area contributed by atoms with Crippen LogP contribution in [0, 0.1) is 6.92 Å². The zero-order valence-corrected chi connectivity index (χ0v) is 18.0. The summed E-state index contributed by atoms with van der Waals surface area (Å²) in [5.41, 5.74) is 4.61. The van der Waals surface area contributed by atoms with E-state index in [1.54, 1.807) is 12.4 Å². The number of ether oxygens (including phenoxy) is 1. The van der Waals surface area contributed by atoms with E-state index < -0.39 is 0 Å². The molecule has 5 nitrogen and oxygen atoms in total. The summed E-state index contributed by atoms with van der Waals surface area (Å²) in [5.74, 6) is 0.902. The topological polar surface area (TPSA) is 45.7 Å². The van der Waals surface area contributed by atoms with Crippen molar-refractivity contribution < 1.29 is 9.53 Å². The Morgan fingerprint density at radius 3 is 2.48 bits per heavy atom. The first-order valence-electron chi connectivity index (χ1n) is 11.0. The Kier molecular flexibility index (Phi) is 6.82. The quantitative estimate of drug-likeness (QED) is 0.431. The number of hydrogen-bond donors (Lipinski definition) is 0. The van der Waals surface area contributed by atoms with Gasteiger partial charge in [-0.05, 0) is 61.6 Å². The summed E-state index contributed by atoms with van der Waals surface area (Å²) in [4.78, 5) is 20.3. The Morgan fingerprint density at radius 1 is 0.903 bits per heavy atom. The van der Waals surface area contributed by atoms with Crippen LogP contribution in [0.4, 0.5) is 10.5 Å². The lowest BCUT2D eigenvalue weighted by atomic mass is 10.0. The second-order valence-corrected chi connectivity index (χ2v) is 7.93. The average Bonchev–Trinajstić information content (AvgIpc) is 3.17. The number of rotatable bonds is 9. The highest BCUT2D eigenvalue weighted by atomic mass is 16.5. The van der Waals surface area contributed by atoms with Crippen LogP contribution >= 0.6 is 0 Å². The number of aromatic nitrogens is 1. The van der Waals surface area contributed by atoms with Crippen LogP contribution in [0.2, 0.25) is 0 Å². The van der Waals surface area contributed by atoms with Crippen LogP contribution < -0.4 is 9.64 Å². The molecule has 5 heteroatoms. The molecule has 0 bridgehead atoms. The molecular weight excluding hydrogens is 386 g/mol. The van der Waals surface area contributed by atoms with Gasteiger partial charge in [0.1, 0.15) is 5.75 Å². The van der Waals surface area contributed by atoms with Crippen LogP contribution in [-0.2, 0) is 0 Å². The molecular formula is C26H29N3O2. The van der Waals surface area contributed by atoms with Crippen molar-refractivity contribution in [2.45, 2.75) is 26.2 Å². The van der Waals surface area contributed by atoms with Gasteiger partial charge in [-0.15, -0.1) is 0 Å². The van der Waals surface area contributed by atoms with Crippen LogP contribution in [-0.4, -0.2) is 42.2 Å². The molecule has 3 aromatic rings. The highest BCUT2D eigenvalue weighted by Gasteiger charge is 2.28. The van der Waals surface area contributed by atoms with E-state index in [9.17, 15) is 4.79 Å². The molecule has 2 heterocycles. The number of unbranched alkanes of at least 4 members (excludes halogenated alkanes) is 2. The smallest absolute Gasteiger partial charge is 0.324 e. The molecule has 0 atom stereocenters. The van der Waals surface area contributed by atoms with Crippen molar-refractivity contribution in [2.75, 3.05) is 31.1 Å². The summed E-state index contributed by atoms with van der Waals surface area (Å²) in [5, 5.41) is 0. The maximum atomic E-state index is 12.6. The number of anilines is 1. The van der Waals surface area contributed by atoms with Gasteiger partial charge in [-0.25, -0.2) is 4.79 Å². The predicted octanol–water partition coefficient (Wildman–Crippen LogP) is 5.55. The Hall–Kier alpha value is -3.34. The van der Waals surface area contributed by atoms with Gasteiger partial charge in [0.2, 0.25) is 0 Å². The van der Waals surface area contributed by atoms with Crippen LogP contribution in [0.25, 0.3) is 11.1 Å². The Bertz CT molecular complexity index is 989. The van der Waals surface area contributed by atoms with Crippen molar-refractivity contribution in [1.82, 2.24) is 9.88 Å². The number of urea groups is 1. The monoisotopic (exact) mass is 415 g/mol.